The third-order valence-corrected chi connectivity index (χ3v) is 2.12. The number of ether oxygens (including phenoxy) is 1. The van der Waals surface area contributed by atoms with Crippen LogP contribution in [0.3, 0.4) is 0 Å². The lowest BCUT2D eigenvalue weighted by Crippen LogP contribution is -2.10. The van der Waals surface area contributed by atoms with Crippen molar-refractivity contribution in [2.45, 2.75) is 6.10 Å². The van der Waals surface area contributed by atoms with Gasteiger partial charge in [0, 0.05) is 11.6 Å². The molecule has 1 aromatic rings. The van der Waals surface area contributed by atoms with Gasteiger partial charge in [0.1, 0.15) is 11.5 Å². The number of aromatic hydroxyl groups is 1. The molecule has 1 atom stereocenters. The van der Waals surface area contributed by atoms with E-state index in [1.807, 2.05) is 0 Å². The molecule has 0 saturated carbocycles. The highest BCUT2D eigenvalue weighted by molar-refractivity contribution is 6.32. The zero-order valence-electron chi connectivity index (χ0n) is 7.77. The second-order valence-corrected chi connectivity index (χ2v) is 3.20. The molecule has 82 valence electrons. The largest absolute Gasteiger partial charge is 0.506 e. The fourth-order valence-electron chi connectivity index (χ4n) is 1.05. The number of halogens is 1. The molecule has 5 nitrogen and oxygen atoms in total. The average Bonchev–Trinajstić information content (AvgIpc) is 2.20. The summed E-state index contributed by atoms with van der Waals surface area (Å²) >= 11 is 5.61. The molecule has 0 aliphatic rings. The molecular weight excluding hydrogens is 224 g/mol. The van der Waals surface area contributed by atoms with E-state index in [0.29, 0.717) is 0 Å². The molecule has 0 radical (unpaired) electrons. The number of phenols is 1. The Morgan fingerprint density at radius 1 is 1.53 bits per heavy atom. The van der Waals surface area contributed by atoms with Crippen molar-refractivity contribution in [3.8, 4) is 11.5 Å². The zero-order valence-corrected chi connectivity index (χ0v) is 8.52. The van der Waals surface area contributed by atoms with E-state index in [4.69, 9.17) is 21.4 Å². The van der Waals surface area contributed by atoms with E-state index in [2.05, 4.69) is 0 Å². The summed E-state index contributed by atoms with van der Waals surface area (Å²) in [5.41, 5.74) is -0.202. The topological polar surface area (TPSA) is 87.0 Å². The summed E-state index contributed by atoms with van der Waals surface area (Å²) in [5, 5.41) is 27.2. The van der Waals surface area contributed by atoms with Crippen molar-refractivity contribution >= 4 is 17.6 Å². The molecule has 0 amide bonds. The van der Waals surface area contributed by atoms with Crippen molar-refractivity contribution in [3.63, 3.8) is 0 Å². The molecule has 3 N–H and O–H groups in total. The van der Waals surface area contributed by atoms with Crippen molar-refractivity contribution in [1.82, 2.24) is 0 Å². The van der Waals surface area contributed by atoms with Crippen LogP contribution in [0.5, 0.6) is 11.5 Å². The van der Waals surface area contributed by atoms with Crippen LogP contribution in [0.25, 0.3) is 0 Å². The molecule has 0 heterocycles. The van der Waals surface area contributed by atoms with Crippen molar-refractivity contribution < 1.29 is 24.9 Å². The normalized spacial score (nSPS) is 12.2. The Hall–Kier alpha value is -1.46. The molecule has 1 unspecified atom stereocenters. The first kappa shape index (κ1) is 11.6. The standard InChI is InChI=1S/C9H9ClO5/c1-15-4-2-5(8(12)9(13)14)7(11)6(10)3-4/h2-3,8,11-12H,1H3,(H,13,14). The molecule has 0 aliphatic heterocycles. The van der Waals surface area contributed by atoms with Crippen LogP contribution in [-0.2, 0) is 4.79 Å². The Morgan fingerprint density at radius 3 is 2.60 bits per heavy atom. The van der Waals surface area contributed by atoms with Crippen molar-refractivity contribution in [2.75, 3.05) is 7.11 Å². The highest BCUT2D eigenvalue weighted by atomic mass is 35.5. The minimum absolute atomic E-state index is 0.0790. The number of methoxy groups -OCH3 is 1. The Kier molecular flexibility index (Phi) is 3.39. The number of aliphatic hydroxyl groups is 1. The number of aliphatic carboxylic acids is 1. The highest BCUT2D eigenvalue weighted by Crippen LogP contribution is 2.35. The van der Waals surface area contributed by atoms with Crippen molar-refractivity contribution in [2.24, 2.45) is 0 Å². The number of carboxylic acids is 1. The fourth-order valence-corrected chi connectivity index (χ4v) is 1.27. The summed E-state index contributed by atoms with van der Waals surface area (Å²) in [6.07, 6.45) is -1.84. The predicted molar refractivity (Wildman–Crippen MR) is 52.3 cm³/mol. The summed E-state index contributed by atoms with van der Waals surface area (Å²) in [6, 6.07) is 2.52. The molecule has 0 bridgehead atoms. The van der Waals surface area contributed by atoms with E-state index in [1.54, 1.807) is 0 Å². The molecule has 15 heavy (non-hydrogen) atoms. The molecular formula is C9H9ClO5. The quantitative estimate of drug-likeness (QED) is 0.728. The number of carbonyl (C=O) groups is 1. The number of phenolic OH excluding ortho intramolecular Hbond substituents is 1. The van der Waals surface area contributed by atoms with Gasteiger partial charge in [-0.05, 0) is 6.07 Å². The minimum atomic E-state index is -1.84. The zero-order chi connectivity index (χ0) is 11.6. The minimum Gasteiger partial charge on any atom is -0.506 e. The van der Waals surface area contributed by atoms with Gasteiger partial charge in [-0.25, -0.2) is 4.79 Å². The van der Waals surface area contributed by atoms with Gasteiger partial charge >= 0.3 is 5.97 Å². The van der Waals surface area contributed by atoms with E-state index < -0.39 is 17.8 Å². The van der Waals surface area contributed by atoms with Crippen LogP contribution in [0.15, 0.2) is 12.1 Å². The average molecular weight is 233 g/mol. The van der Waals surface area contributed by atoms with E-state index in [9.17, 15) is 15.0 Å². The van der Waals surface area contributed by atoms with Gasteiger partial charge in [0.05, 0.1) is 12.1 Å². The molecule has 1 rings (SSSR count). The van der Waals surface area contributed by atoms with Crippen LogP contribution >= 0.6 is 11.6 Å². The molecule has 0 fully saturated rings. The van der Waals surface area contributed by atoms with Crippen LogP contribution in [0, 0.1) is 0 Å². The number of aliphatic hydroxyl groups excluding tert-OH is 1. The maximum Gasteiger partial charge on any atom is 0.337 e. The van der Waals surface area contributed by atoms with Gasteiger partial charge < -0.3 is 20.1 Å². The van der Waals surface area contributed by atoms with E-state index in [-0.39, 0.29) is 16.3 Å². The van der Waals surface area contributed by atoms with Crippen LogP contribution in [0.4, 0.5) is 0 Å². The summed E-state index contributed by atoms with van der Waals surface area (Å²) < 4.78 is 4.82. The molecule has 0 aliphatic carbocycles. The number of rotatable bonds is 3. The Labute approximate surface area is 90.5 Å². The van der Waals surface area contributed by atoms with Gasteiger partial charge in [0.2, 0.25) is 0 Å². The smallest absolute Gasteiger partial charge is 0.337 e. The number of hydrogen-bond donors (Lipinski definition) is 3. The first-order valence-electron chi connectivity index (χ1n) is 3.94. The predicted octanol–water partition coefficient (Wildman–Crippen LogP) is 1.17. The van der Waals surface area contributed by atoms with Crippen molar-refractivity contribution in [3.05, 3.63) is 22.7 Å². The lowest BCUT2D eigenvalue weighted by Gasteiger charge is -2.11. The monoisotopic (exact) mass is 232 g/mol. The third-order valence-electron chi connectivity index (χ3n) is 1.83. The van der Waals surface area contributed by atoms with Gasteiger partial charge in [0.15, 0.2) is 6.10 Å². The highest BCUT2D eigenvalue weighted by Gasteiger charge is 2.22. The van der Waals surface area contributed by atoms with Crippen LogP contribution in [0.2, 0.25) is 5.02 Å². The number of benzene rings is 1. The summed E-state index contributed by atoms with van der Waals surface area (Å²) in [7, 11) is 1.36. The number of carboxylic acid groups (broad SMARTS) is 1. The van der Waals surface area contributed by atoms with Gasteiger partial charge in [-0.15, -0.1) is 0 Å². The van der Waals surface area contributed by atoms with Gasteiger partial charge in [-0.2, -0.15) is 0 Å². The second-order valence-electron chi connectivity index (χ2n) is 2.79. The van der Waals surface area contributed by atoms with E-state index >= 15 is 0 Å². The van der Waals surface area contributed by atoms with E-state index in [1.165, 1.54) is 19.2 Å². The van der Waals surface area contributed by atoms with Crippen LogP contribution < -0.4 is 4.74 Å². The van der Waals surface area contributed by atoms with Crippen LogP contribution in [-0.4, -0.2) is 28.4 Å². The third kappa shape index (κ3) is 2.31. The molecule has 0 aromatic heterocycles. The molecule has 6 heteroatoms. The summed E-state index contributed by atoms with van der Waals surface area (Å²) in [4.78, 5) is 10.5. The lowest BCUT2D eigenvalue weighted by molar-refractivity contribution is -0.147. The maximum absolute atomic E-state index is 10.5. The molecule has 0 saturated heterocycles. The Morgan fingerprint density at radius 2 is 2.13 bits per heavy atom. The van der Waals surface area contributed by atoms with Gasteiger partial charge in [-0.1, -0.05) is 11.6 Å². The fraction of sp³-hybridized carbons (Fsp3) is 0.222. The number of hydrogen-bond acceptors (Lipinski definition) is 4. The molecule has 1 aromatic carbocycles. The SMILES string of the molecule is COc1cc(Cl)c(O)c(C(O)C(=O)O)c1. The van der Waals surface area contributed by atoms with Crippen molar-refractivity contribution in [1.29, 1.82) is 0 Å². The maximum atomic E-state index is 10.5. The van der Waals surface area contributed by atoms with Gasteiger partial charge in [-0.3, -0.25) is 0 Å². The van der Waals surface area contributed by atoms with Crippen LogP contribution in [0.1, 0.15) is 11.7 Å². The Balaban J connectivity index is 3.27. The second kappa shape index (κ2) is 4.37. The first-order valence-corrected chi connectivity index (χ1v) is 4.32. The lowest BCUT2D eigenvalue weighted by atomic mass is 10.1. The summed E-state index contributed by atoms with van der Waals surface area (Å²) in [6.45, 7) is 0. The van der Waals surface area contributed by atoms with E-state index in [0.717, 1.165) is 0 Å². The summed E-state index contributed by atoms with van der Waals surface area (Å²) in [5.74, 6) is -1.69. The first-order chi connectivity index (χ1) is 6.97. The van der Waals surface area contributed by atoms with Gasteiger partial charge in [0.25, 0.3) is 0 Å². The Bertz CT molecular complexity index is 390. The molecule has 0 spiro atoms.